The summed E-state index contributed by atoms with van der Waals surface area (Å²) in [6, 6.07) is 7.46. The van der Waals surface area contributed by atoms with Crippen LogP contribution in [0.15, 0.2) is 33.8 Å². The van der Waals surface area contributed by atoms with Crippen LogP contribution in [-0.2, 0) is 6.42 Å². The van der Waals surface area contributed by atoms with Crippen LogP contribution in [0.25, 0.3) is 11.4 Å². The Morgan fingerprint density at radius 2 is 2.17 bits per heavy atom. The Bertz CT molecular complexity index is 819. The summed E-state index contributed by atoms with van der Waals surface area (Å²) in [5, 5.41) is 8.16. The van der Waals surface area contributed by atoms with E-state index in [4.69, 9.17) is 21.1 Å². The molecule has 1 aliphatic rings. The third kappa shape index (κ3) is 6.19. The number of aliphatic imine (C=N–C) groups is 1. The summed E-state index contributed by atoms with van der Waals surface area (Å²) in [5.41, 5.74) is 0.852. The highest BCUT2D eigenvalue weighted by atomic mass is 35.5. The summed E-state index contributed by atoms with van der Waals surface area (Å²) in [7, 11) is 0. The largest absolute Gasteiger partial charge is 0.357 e. The van der Waals surface area contributed by atoms with Crippen molar-refractivity contribution < 1.29 is 4.52 Å². The van der Waals surface area contributed by atoms with Crippen LogP contribution in [0.5, 0.6) is 0 Å². The van der Waals surface area contributed by atoms with Crippen LogP contribution in [0.3, 0.4) is 0 Å². The zero-order chi connectivity index (χ0) is 21.3. The van der Waals surface area contributed by atoms with Crippen molar-refractivity contribution in [1.29, 1.82) is 0 Å². The van der Waals surface area contributed by atoms with E-state index in [2.05, 4.69) is 46.0 Å². The van der Waals surface area contributed by atoms with Crippen LogP contribution in [0.1, 0.15) is 33.1 Å². The van der Waals surface area contributed by atoms with E-state index in [1.54, 1.807) is 0 Å². The molecule has 7 nitrogen and oxygen atoms in total. The molecule has 0 aliphatic carbocycles. The molecule has 0 spiro atoms. The Hall–Kier alpha value is -2.12. The van der Waals surface area contributed by atoms with Crippen LogP contribution in [0.4, 0.5) is 0 Å². The third-order valence-electron chi connectivity index (χ3n) is 5.47. The normalized spacial score (nSPS) is 17.2. The van der Waals surface area contributed by atoms with Crippen molar-refractivity contribution in [2.45, 2.75) is 33.6 Å². The lowest BCUT2D eigenvalue weighted by atomic mass is 10.1. The fraction of sp³-hybridized carbons (Fsp3) is 0.591. The molecule has 0 bridgehead atoms. The second-order valence-electron chi connectivity index (χ2n) is 7.59. The molecule has 1 atom stereocenters. The van der Waals surface area contributed by atoms with Gasteiger partial charge in [-0.2, -0.15) is 4.98 Å². The van der Waals surface area contributed by atoms with E-state index in [1.807, 2.05) is 24.3 Å². The zero-order valence-corrected chi connectivity index (χ0v) is 19.0. The average Bonchev–Trinajstić information content (AvgIpc) is 3.41. The van der Waals surface area contributed by atoms with E-state index in [-0.39, 0.29) is 0 Å². The molecule has 0 radical (unpaired) electrons. The van der Waals surface area contributed by atoms with E-state index in [0.717, 1.165) is 50.8 Å². The molecule has 8 heteroatoms. The number of benzene rings is 1. The summed E-state index contributed by atoms with van der Waals surface area (Å²) < 4.78 is 5.40. The lowest BCUT2D eigenvalue weighted by molar-refractivity contribution is 0.255. The maximum Gasteiger partial charge on any atom is 0.228 e. The molecule has 1 aromatic heterocycles. The standard InChI is InChI=1S/C22H33ClN6O/c1-4-24-22(29-13-11-17(16-29)15-28(5-2)6-3)25-12-10-20-26-21(27-30-20)18-8-7-9-19(23)14-18/h7-9,14,17H,4-6,10-13,15-16H2,1-3H3,(H,24,25). The van der Waals surface area contributed by atoms with Crippen LogP contribution in [-0.4, -0.2) is 71.7 Å². The molecule has 3 rings (SSSR count). The van der Waals surface area contributed by atoms with Crippen LogP contribution in [0.2, 0.25) is 5.02 Å². The Morgan fingerprint density at radius 1 is 1.33 bits per heavy atom. The Morgan fingerprint density at radius 3 is 2.90 bits per heavy atom. The minimum absolute atomic E-state index is 0.558. The first-order valence-corrected chi connectivity index (χ1v) is 11.3. The summed E-state index contributed by atoms with van der Waals surface area (Å²) in [6.07, 6.45) is 1.83. The predicted molar refractivity (Wildman–Crippen MR) is 122 cm³/mol. The topological polar surface area (TPSA) is 69.8 Å². The molecule has 30 heavy (non-hydrogen) atoms. The van der Waals surface area contributed by atoms with Crippen LogP contribution < -0.4 is 5.32 Å². The monoisotopic (exact) mass is 432 g/mol. The highest BCUT2D eigenvalue weighted by molar-refractivity contribution is 6.30. The summed E-state index contributed by atoms with van der Waals surface area (Å²) in [4.78, 5) is 14.2. The highest BCUT2D eigenvalue weighted by Crippen LogP contribution is 2.20. The number of likely N-dealkylation sites (tertiary alicyclic amines) is 1. The van der Waals surface area contributed by atoms with E-state index >= 15 is 0 Å². The number of rotatable bonds is 9. The van der Waals surface area contributed by atoms with Crippen molar-refractivity contribution in [2.75, 3.05) is 45.8 Å². The van der Waals surface area contributed by atoms with Gasteiger partial charge in [-0.1, -0.05) is 42.7 Å². The van der Waals surface area contributed by atoms with Crippen molar-refractivity contribution in [1.82, 2.24) is 25.3 Å². The minimum Gasteiger partial charge on any atom is -0.357 e. The maximum absolute atomic E-state index is 6.05. The van der Waals surface area contributed by atoms with Crippen molar-refractivity contribution in [3.05, 3.63) is 35.2 Å². The van der Waals surface area contributed by atoms with Crippen LogP contribution in [0, 0.1) is 5.92 Å². The predicted octanol–water partition coefficient (Wildman–Crippen LogP) is 3.56. The van der Waals surface area contributed by atoms with Gasteiger partial charge >= 0.3 is 0 Å². The number of hydrogen-bond donors (Lipinski definition) is 1. The molecule has 0 saturated carbocycles. The third-order valence-corrected chi connectivity index (χ3v) is 5.70. The Labute approximate surface area is 184 Å². The SMILES string of the molecule is CCNC(=NCCc1nc(-c2cccc(Cl)c2)no1)N1CCC(CN(CC)CC)C1. The van der Waals surface area contributed by atoms with Gasteiger partial charge in [0, 0.05) is 43.2 Å². The molecule has 1 saturated heterocycles. The Balaban J connectivity index is 1.55. The number of halogens is 1. The molecule has 1 unspecified atom stereocenters. The number of aromatic nitrogens is 2. The first-order valence-electron chi connectivity index (χ1n) is 11.0. The summed E-state index contributed by atoms with van der Waals surface area (Å²) in [6.45, 7) is 13.5. The van der Waals surface area contributed by atoms with Crippen molar-refractivity contribution in [2.24, 2.45) is 10.9 Å². The van der Waals surface area contributed by atoms with E-state index in [0.29, 0.717) is 35.6 Å². The van der Waals surface area contributed by atoms with E-state index in [9.17, 15) is 0 Å². The molecule has 1 fully saturated rings. The number of hydrogen-bond acceptors (Lipinski definition) is 5. The van der Waals surface area contributed by atoms with Gasteiger partial charge in [0.05, 0.1) is 6.54 Å². The van der Waals surface area contributed by atoms with Crippen LogP contribution >= 0.6 is 11.6 Å². The quantitative estimate of drug-likeness (QED) is 0.482. The van der Waals surface area contributed by atoms with Gasteiger partial charge in [0.2, 0.25) is 11.7 Å². The average molecular weight is 433 g/mol. The molecular weight excluding hydrogens is 400 g/mol. The minimum atomic E-state index is 0.558. The van der Waals surface area contributed by atoms with Crippen molar-refractivity contribution in [3.8, 4) is 11.4 Å². The van der Waals surface area contributed by atoms with Gasteiger partial charge < -0.3 is 19.6 Å². The number of guanidine groups is 1. The van der Waals surface area contributed by atoms with Gasteiger partial charge in [0.1, 0.15) is 0 Å². The molecule has 0 amide bonds. The van der Waals surface area contributed by atoms with E-state index < -0.39 is 0 Å². The molecule has 2 aromatic rings. The molecular formula is C22H33ClN6O. The lowest BCUT2D eigenvalue weighted by Crippen LogP contribution is -2.41. The Kier molecular flexibility index (Phi) is 8.51. The molecule has 164 valence electrons. The van der Waals surface area contributed by atoms with Gasteiger partial charge in [-0.3, -0.25) is 4.99 Å². The maximum atomic E-state index is 6.05. The van der Waals surface area contributed by atoms with Crippen molar-refractivity contribution in [3.63, 3.8) is 0 Å². The number of nitrogens with one attached hydrogen (secondary N) is 1. The zero-order valence-electron chi connectivity index (χ0n) is 18.3. The smallest absolute Gasteiger partial charge is 0.228 e. The summed E-state index contributed by atoms with van der Waals surface area (Å²) >= 11 is 6.05. The highest BCUT2D eigenvalue weighted by Gasteiger charge is 2.25. The van der Waals surface area contributed by atoms with Gasteiger partial charge in [-0.25, -0.2) is 0 Å². The second-order valence-corrected chi connectivity index (χ2v) is 8.03. The molecule has 1 aromatic carbocycles. The van der Waals surface area contributed by atoms with Gasteiger partial charge in [0.15, 0.2) is 5.96 Å². The fourth-order valence-corrected chi connectivity index (χ4v) is 4.00. The fourth-order valence-electron chi connectivity index (χ4n) is 3.81. The molecule has 2 heterocycles. The van der Waals surface area contributed by atoms with Crippen molar-refractivity contribution >= 4 is 17.6 Å². The van der Waals surface area contributed by atoms with E-state index in [1.165, 1.54) is 6.42 Å². The van der Waals surface area contributed by atoms with Gasteiger partial charge in [0.25, 0.3) is 0 Å². The molecule has 1 N–H and O–H groups in total. The first-order chi connectivity index (χ1) is 14.6. The number of nitrogens with zero attached hydrogens (tertiary/aromatic N) is 5. The lowest BCUT2D eigenvalue weighted by Gasteiger charge is -2.24. The second kappa shape index (κ2) is 11.3. The summed E-state index contributed by atoms with van der Waals surface area (Å²) in [5.74, 6) is 2.83. The molecule has 1 aliphatic heterocycles. The first kappa shape index (κ1) is 22.6. The van der Waals surface area contributed by atoms with Gasteiger partial charge in [-0.05, 0) is 44.5 Å². The van der Waals surface area contributed by atoms with Gasteiger partial charge in [-0.15, -0.1) is 0 Å².